The van der Waals surface area contributed by atoms with Crippen LogP contribution >= 0.6 is 0 Å². The van der Waals surface area contributed by atoms with Gasteiger partial charge in [0.1, 0.15) is 11.8 Å². The van der Waals surface area contributed by atoms with Gasteiger partial charge in [-0.1, -0.05) is 0 Å². The molecule has 4 amide bonds. The zero-order chi connectivity index (χ0) is 20.8. The molecule has 0 radical (unpaired) electrons. The first-order valence-corrected chi connectivity index (χ1v) is 8.12. The molecule has 6 N–H and O–H groups in total. The molecule has 0 spiro atoms. The second kappa shape index (κ2) is 13.2. The molecule has 27 heavy (non-hydrogen) atoms. The van der Waals surface area contributed by atoms with Crippen molar-refractivity contribution in [2.75, 3.05) is 33.2 Å². The SMILES string of the molecule is CNCC(=O)NCC(=O)NCC(=O)NC(CCC(=O)O)C(=O)NCC(C)=O. The van der Waals surface area contributed by atoms with Gasteiger partial charge < -0.3 is 31.7 Å². The van der Waals surface area contributed by atoms with Crippen LogP contribution in [0.25, 0.3) is 0 Å². The molecule has 0 aromatic heterocycles. The molecule has 152 valence electrons. The van der Waals surface area contributed by atoms with Gasteiger partial charge in [-0.2, -0.15) is 0 Å². The minimum absolute atomic E-state index is 0.0361. The number of nitrogens with one attached hydrogen (secondary N) is 5. The Hall–Kier alpha value is -3.02. The van der Waals surface area contributed by atoms with Crippen molar-refractivity contribution in [2.45, 2.75) is 25.8 Å². The Morgan fingerprint density at radius 1 is 0.815 bits per heavy atom. The predicted molar refractivity (Wildman–Crippen MR) is 92.4 cm³/mol. The molecule has 0 aliphatic heterocycles. The largest absolute Gasteiger partial charge is 0.481 e. The summed E-state index contributed by atoms with van der Waals surface area (Å²) in [6.07, 6.45) is -0.554. The van der Waals surface area contributed by atoms with Crippen LogP contribution in [0.5, 0.6) is 0 Å². The first kappa shape index (κ1) is 24.0. The van der Waals surface area contributed by atoms with Crippen LogP contribution < -0.4 is 26.6 Å². The average molecular weight is 387 g/mol. The van der Waals surface area contributed by atoms with E-state index in [9.17, 15) is 28.8 Å². The summed E-state index contributed by atoms with van der Waals surface area (Å²) < 4.78 is 0. The van der Waals surface area contributed by atoms with E-state index in [4.69, 9.17) is 5.11 Å². The monoisotopic (exact) mass is 387 g/mol. The van der Waals surface area contributed by atoms with E-state index in [0.29, 0.717) is 0 Å². The molecule has 12 heteroatoms. The number of amides is 4. The molecule has 0 aromatic rings. The van der Waals surface area contributed by atoms with E-state index < -0.39 is 42.2 Å². The smallest absolute Gasteiger partial charge is 0.303 e. The fraction of sp³-hybridized carbons (Fsp3) is 0.600. The van der Waals surface area contributed by atoms with Crippen LogP contribution in [0.15, 0.2) is 0 Å². The van der Waals surface area contributed by atoms with E-state index in [1.807, 2.05) is 0 Å². The number of ketones is 1. The summed E-state index contributed by atoms with van der Waals surface area (Å²) in [5.41, 5.74) is 0. The zero-order valence-corrected chi connectivity index (χ0v) is 15.2. The molecule has 0 aliphatic rings. The van der Waals surface area contributed by atoms with Crippen LogP contribution in [0.1, 0.15) is 19.8 Å². The number of carboxylic acids is 1. The van der Waals surface area contributed by atoms with Crippen molar-refractivity contribution in [1.29, 1.82) is 0 Å². The number of Topliss-reactive ketones (excluding diaryl/α,β-unsaturated/α-hetero) is 1. The normalized spacial score (nSPS) is 11.0. The lowest BCUT2D eigenvalue weighted by Crippen LogP contribution is -2.51. The zero-order valence-electron chi connectivity index (χ0n) is 15.2. The third-order valence-electron chi connectivity index (χ3n) is 3.04. The molecule has 0 heterocycles. The Labute approximate surface area is 155 Å². The Balaban J connectivity index is 4.45. The van der Waals surface area contributed by atoms with Crippen molar-refractivity contribution in [3.8, 4) is 0 Å². The summed E-state index contributed by atoms with van der Waals surface area (Å²) in [4.78, 5) is 68.2. The van der Waals surface area contributed by atoms with Crippen molar-refractivity contribution in [1.82, 2.24) is 26.6 Å². The van der Waals surface area contributed by atoms with Gasteiger partial charge >= 0.3 is 5.97 Å². The molecule has 0 aliphatic carbocycles. The Bertz CT molecular complexity index is 579. The van der Waals surface area contributed by atoms with Gasteiger partial charge in [0, 0.05) is 6.42 Å². The summed E-state index contributed by atoms with van der Waals surface area (Å²) >= 11 is 0. The van der Waals surface area contributed by atoms with Gasteiger partial charge in [-0.15, -0.1) is 0 Å². The van der Waals surface area contributed by atoms with Gasteiger partial charge in [-0.25, -0.2) is 0 Å². The van der Waals surface area contributed by atoms with Crippen molar-refractivity contribution in [3.05, 3.63) is 0 Å². The highest BCUT2D eigenvalue weighted by atomic mass is 16.4. The van der Waals surface area contributed by atoms with Crippen LogP contribution in [0.2, 0.25) is 0 Å². The lowest BCUT2D eigenvalue weighted by molar-refractivity contribution is -0.138. The van der Waals surface area contributed by atoms with Gasteiger partial charge in [0.05, 0.1) is 26.2 Å². The minimum Gasteiger partial charge on any atom is -0.481 e. The Kier molecular flexibility index (Phi) is 11.7. The fourth-order valence-corrected chi connectivity index (χ4v) is 1.76. The number of hydrogen-bond donors (Lipinski definition) is 6. The maximum Gasteiger partial charge on any atom is 0.303 e. The van der Waals surface area contributed by atoms with Gasteiger partial charge in [0.25, 0.3) is 0 Å². The van der Waals surface area contributed by atoms with Crippen LogP contribution in [0.3, 0.4) is 0 Å². The number of aliphatic carboxylic acids is 1. The molecular formula is C15H25N5O7. The number of hydrogen-bond acceptors (Lipinski definition) is 7. The molecule has 1 unspecified atom stereocenters. The van der Waals surface area contributed by atoms with Crippen LogP contribution in [0, 0.1) is 0 Å². The van der Waals surface area contributed by atoms with Crippen LogP contribution in [-0.2, 0) is 28.8 Å². The van der Waals surface area contributed by atoms with Crippen LogP contribution in [0.4, 0.5) is 0 Å². The molecule has 0 saturated heterocycles. The lowest BCUT2D eigenvalue weighted by Gasteiger charge is -2.17. The number of likely N-dealkylation sites (N-methyl/N-ethyl adjacent to an activating group) is 1. The first-order chi connectivity index (χ1) is 12.6. The first-order valence-electron chi connectivity index (χ1n) is 8.12. The van der Waals surface area contributed by atoms with Crippen LogP contribution in [-0.4, -0.2) is 79.8 Å². The summed E-state index contributed by atoms with van der Waals surface area (Å²) in [6, 6.07) is -1.17. The topological polar surface area (TPSA) is 183 Å². The summed E-state index contributed by atoms with van der Waals surface area (Å²) in [5, 5.41) is 20.5. The number of carboxylic acid groups (broad SMARTS) is 1. The summed E-state index contributed by atoms with van der Waals surface area (Å²) in [7, 11) is 1.57. The molecule has 1 atom stereocenters. The predicted octanol–water partition coefficient (Wildman–Crippen LogP) is -3.51. The van der Waals surface area contributed by atoms with Gasteiger partial charge in [-0.3, -0.25) is 28.8 Å². The molecule has 12 nitrogen and oxygen atoms in total. The standard InChI is InChI=1S/C15H25N5O7/c1-9(21)5-19-15(27)10(3-4-14(25)26)20-13(24)8-18-12(23)7-17-11(22)6-16-2/h10,16H,3-8H2,1-2H3,(H,17,22)(H,18,23)(H,19,27)(H,20,24)(H,25,26). The second-order valence-corrected chi connectivity index (χ2v) is 5.56. The quantitative estimate of drug-likeness (QED) is 0.188. The van der Waals surface area contributed by atoms with E-state index in [2.05, 4.69) is 26.6 Å². The highest BCUT2D eigenvalue weighted by molar-refractivity contribution is 5.92. The maximum absolute atomic E-state index is 12.0. The Morgan fingerprint density at radius 2 is 1.37 bits per heavy atom. The Morgan fingerprint density at radius 3 is 1.89 bits per heavy atom. The third-order valence-corrected chi connectivity index (χ3v) is 3.04. The van der Waals surface area contributed by atoms with Crippen molar-refractivity contribution >= 4 is 35.4 Å². The van der Waals surface area contributed by atoms with Gasteiger partial charge in [0.2, 0.25) is 23.6 Å². The lowest BCUT2D eigenvalue weighted by atomic mass is 10.1. The number of carbonyl (C=O) groups excluding carboxylic acids is 5. The highest BCUT2D eigenvalue weighted by Gasteiger charge is 2.22. The van der Waals surface area contributed by atoms with Crippen molar-refractivity contribution in [2.24, 2.45) is 0 Å². The van der Waals surface area contributed by atoms with Gasteiger partial charge in [-0.05, 0) is 20.4 Å². The minimum atomic E-state index is -1.17. The van der Waals surface area contributed by atoms with Crippen molar-refractivity contribution < 1.29 is 33.9 Å². The maximum atomic E-state index is 12.0. The molecular weight excluding hydrogens is 362 g/mol. The van der Waals surface area contributed by atoms with E-state index in [0.717, 1.165) is 0 Å². The highest BCUT2D eigenvalue weighted by Crippen LogP contribution is 1.98. The molecule has 0 rings (SSSR count). The molecule has 0 bridgehead atoms. The van der Waals surface area contributed by atoms with Gasteiger partial charge in [0.15, 0.2) is 0 Å². The second-order valence-electron chi connectivity index (χ2n) is 5.56. The van der Waals surface area contributed by atoms with E-state index >= 15 is 0 Å². The molecule has 0 aromatic carbocycles. The van der Waals surface area contributed by atoms with Crippen molar-refractivity contribution in [3.63, 3.8) is 0 Å². The average Bonchev–Trinajstić information content (AvgIpc) is 2.59. The van der Waals surface area contributed by atoms with E-state index in [-0.39, 0.29) is 38.3 Å². The molecule has 0 fully saturated rings. The van der Waals surface area contributed by atoms with E-state index in [1.165, 1.54) is 6.92 Å². The van der Waals surface area contributed by atoms with E-state index in [1.54, 1.807) is 7.05 Å². The number of rotatable bonds is 13. The summed E-state index contributed by atoms with van der Waals surface area (Å²) in [5.74, 6) is -3.90. The third kappa shape index (κ3) is 12.9. The fourth-order valence-electron chi connectivity index (χ4n) is 1.76. The molecule has 0 saturated carbocycles. The summed E-state index contributed by atoms with van der Waals surface area (Å²) in [6.45, 7) is 0.255. The number of carbonyl (C=O) groups is 6.